The Morgan fingerprint density at radius 1 is 1.05 bits per heavy atom. The van der Waals surface area contributed by atoms with Crippen LogP contribution in [0.1, 0.15) is 59.8 Å². The number of hydrogen-bond donors (Lipinski definition) is 1. The first-order chi connectivity index (χ1) is 10.0. The highest BCUT2D eigenvalue weighted by Gasteiger charge is 2.34. The van der Waals surface area contributed by atoms with Gasteiger partial charge in [0.25, 0.3) is 0 Å². The van der Waals surface area contributed by atoms with Gasteiger partial charge in [-0.25, -0.2) is 0 Å². The van der Waals surface area contributed by atoms with E-state index < -0.39 is 8.56 Å². The molecular formula is C16H37NO3Si. The van der Waals surface area contributed by atoms with Crippen molar-refractivity contribution in [3.05, 3.63) is 0 Å². The third-order valence-electron chi connectivity index (χ3n) is 3.77. The van der Waals surface area contributed by atoms with Gasteiger partial charge < -0.3 is 14.0 Å². The van der Waals surface area contributed by atoms with Crippen LogP contribution in [-0.4, -0.2) is 51.1 Å². The zero-order chi connectivity index (χ0) is 16.1. The average Bonchev–Trinajstić information content (AvgIpc) is 2.45. The lowest BCUT2D eigenvalue weighted by Gasteiger charge is -2.36. The molecule has 0 aromatic rings. The second-order valence-corrected chi connectivity index (χ2v) is 9.15. The molecule has 128 valence electrons. The van der Waals surface area contributed by atoms with Crippen LogP contribution in [0.25, 0.3) is 0 Å². The molecule has 0 amide bonds. The third kappa shape index (κ3) is 9.63. The number of rotatable bonds is 14. The Kier molecular flexibility index (Phi) is 12.6. The van der Waals surface area contributed by atoms with E-state index in [1.54, 1.807) is 0 Å². The van der Waals surface area contributed by atoms with Crippen molar-refractivity contribution in [2.75, 3.05) is 26.3 Å². The predicted octanol–water partition coefficient (Wildman–Crippen LogP) is 3.74. The maximum absolute atomic E-state index is 9.07. The third-order valence-corrected chi connectivity index (χ3v) is 6.77. The molecule has 0 aliphatic carbocycles. The number of aliphatic hydroxyl groups excluding tert-OH is 1. The molecule has 21 heavy (non-hydrogen) atoms. The predicted molar refractivity (Wildman–Crippen MR) is 91.7 cm³/mol. The highest BCUT2D eigenvalue weighted by atomic mass is 28.4. The van der Waals surface area contributed by atoms with Gasteiger partial charge in [-0.3, -0.25) is 4.90 Å². The van der Waals surface area contributed by atoms with E-state index in [4.69, 9.17) is 14.0 Å². The minimum Gasteiger partial charge on any atom is -0.396 e. The van der Waals surface area contributed by atoms with Gasteiger partial charge in [0.05, 0.1) is 6.23 Å². The number of nitrogens with zero attached hydrogens (tertiary/aromatic N) is 1. The summed E-state index contributed by atoms with van der Waals surface area (Å²) in [5, 5.41) is 9.07. The van der Waals surface area contributed by atoms with Crippen molar-refractivity contribution >= 4 is 8.56 Å². The SMILES string of the molecule is CCCCN(CCCC)C(C)O[Si](C)(CCCO)OCC. The van der Waals surface area contributed by atoms with Gasteiger partial charge in [0.2, 0.25) is 0 Å². The average molecular weight is 320 g/mol. The fourth-order valence-corrected chi connectivity index (χ4v) is 5.12. The Balaban J connectivity index is 4.58. The maximum Gasteiger partial charge on any atom is 0.336 e. The first-order valence-corrected chi connectivity index (χ1v) is 11.2. The number of unbranched alkanes of at least 4 members (excludes halogenated alkanes) is 2. The minimum atomic E-state index is -2.18. The molecular weight excluding hydrogens is 282 g/mol. The highest BCUT2D eigenvalue weighted by molar-refractivity contribution is 6.66. The zero-order valence-electron chi connectivity index (χ0n) is 14.9. The standard InChI is InChI=1S/C16H37NO3Si/c1-6-9-12-17(13-10-7-2)16(4)20-21(5,19-8-3)15-11-14-18/h16,18H,6-15H2,1-5H3. The maximum atomic E-state index is 9.07. The normalized spacial score (nSPS) is 16.1. The van der Waals surface area contributed by atoms with Crippen LogP contribution in [0.4, 0.5) is 0 Å². The van der Waals surface area contributed by atoms with E-state index >= 15 is 0 Å². The molecule has 0 aliphatic heterocycles. The summed E-state index contributed by atoms with van der Waals surface area (Å²) >= 11 is 0. The smallest absolute Gasteiger partial charge is 0.336 e. The molecule has 0 heterocycles. The van der Waals surface area contributed by atoms with Gasteiger partial charge >= 0.3 is 8.56 Å². The molecule has 0 radical (unpaired) electrons. The van der Waals surface area contributed by atoms with Crippen LogP contribution in [0.2, 0.25) is 12.6 Å². The van der Waals surface area contributed by atoms with Crippen molar-refractivity contribution in [2.24, 2.45) is 0 Å². The first kappa shape index (κ1) is 21.1. The Hall–Kier alpha value is 0.0569. The van der Waals surface area contributed by atoms with Crippen molar-refractivity contribution < 1.29 is 14.0 Å². The molecule has 1 N–H and O–H groups in total. The Morgan fingerprint density at radius 2 is 1.62 bits per heavy atom. The van der Waals surface area contributed by atoms with Crippen molar-refractivity contribution in [3.63, 3.8) is 0 Å². The van der Waals surface area contributed by atoms with Gasteiger partial charge in [0.15, 0.2) is 0 Å². The molecule has 0 saturated carbocycles. The van der Waals surface area contributed by atoms with Crippen LogP contribution >= 0.6 is 0 Å². The molecule has 2 unspecified atom stereocenters. The molecule has 0 spiro atoms. The van der Waals surface area contributed by atoms with Crippen molar-refractivity contribution in [2.45, 2.75) is 78.6 Å². The van der Waals surface area contributed by atoms with Gasteiger partial charge in [0.1, 0.15) is 0 Å². The van der Waals surface area contributed by atoms with Gasteiger partial charge in [-0.05, 0) is 45.7 Å². The van der Waals surface area contributed by atoms with Gasteiger partial charge in [-0.2, -0.15) is 0 Å². The lowest BCUT2D eigenvalue weighted by Crippen LogP contribution is -2.48. The van der Waals surface area contributed by atoms with Crippen LogP contribution in [0.5, 0.6) is 0 Å². The lowest BCUT2D eigenvalue weighted by atomic mass is 10.2. The van der Waals surface area contributed by atoms with E-state index in [2.05, 4.69) is 32.2 Å². The van der Waals surface area contributed by atoms with Crippen molar-refractivity contribution in [1.29, 1.82) is 0 Å². The Bertz CT molecular complexity index is 236. The van der Waals surface area contributed by atoms with E-state index in [1.165, 1.54) is 25.7 Å². The Morgan fingerprint density at radius 3 is 2.05 bits per heavy atom. The molecule has 0 bridgehead atoms. The summed E-state index contributed by atoms with van der Waals surface area (Å²) in [6, 6.07) is 0.858. The molecule has 0 fully saturated rings. The molecule has 0 aromatic carbocycles. The highest BCUT2D eigenvalue weighted by Crippen LogP contribution is 2.20. The summed E-state index contributed by atoms with van der Waals surface area (Å²) in [5.41, 5.74) is 0. The summed E-state index contributed by atoms with van der Waals surface area (Å²) in [4.78, 5) is 2.44. The van der Waals surface area contributed by atoms with E-state index in [1.807, 2.05) is 6.92 Å². The second-order valence-electron chi connectivity index (χ2n) is 5.85. The van der Waals surface area contributed by atoms with Gasteiger partial charge in [0, 0.05) is 26.3 Å². The van der Waals surface area contributed by atoms with E-state index in [-0.39, 0.29) is 12.8 Å². The van der Waals surface area contributed by atoms with E-state index in [0.29, 0.717) is 6.61 Å². The zero-order valence-corrected chi connectivity index (χ0v) is 15.9. The fourth-order valence-electron chi connectivity index (χ4n) is 2.50. The second kappa shape index (κ2) is 12.6. The molecule has 5 heteroatoms. The van der Waals surface area contributed by atoms with Gasteiger partial charge in [-0.15, -0.1) is 0 Å². The summed E-state index contributed by atoms with van der Waals surface area (Å²) in [5.74, 6) is 0. The lowest BCUT2D eigenvalue weighted by molar-refractivity contribution is 0.00517. The quantitative estimate of drug-likeness (QED) is 0.391. The molecule has 4 nitrogen and oxygen atoms in total. The number of aliphatic hydroxyl groups is 1. The van der Waals surface area contributed by atoms with E-state index in [9.17, 15) is 0 Å². The van der Waals surface area contributed by atoms with Crippen LogP contribution in [0.3, 0.4) is 0 Å². The fraction of sp³-hybridized carbons (Fsp3) is 1.00. The van der Waals surface area contributed by atoms with E-state index in [0.717, 1.165) is 25.6 Å². The topological polar surface area (TPSA) is 41.9 Å². The van der Waals surface area contributed by atoms with Crippen LogP contribution in [0.15, 0.2) is 0 Å². The summed E-state index contributed by atoms with van der Waals surface area (Å²) in [6.07, 6.45) is 5.70. The van der Waals surface area contributed by atoms with Crippen LogP contribution in [-0.2, 0) is 8.85 Å². The minimum absolute atomic E-state index is 0.102. The molecule has 0 rings (SSSR count). The molecule has 0 aromatic heterocycles. The van der Waals surface area contributed by atoms with Crippen LogP contribution < -0.4 is 0 Å². The Labute approximate surface area is 133 Å². The van der Waals surface area contributed by atoms with Crippen LogP contribution in [0, 0.1) is 0 Å². The molecule has 2 atom stereocenters. The summed E-state index contributed by atoms with van der Waals surface area (Å²) in [7, 11) is -2.18. The monoisotopic (exact) mass is 319 g/mol. The van der Waals surface area contributed by atoms with Crippen molar-refractivity contribution in [1.82, 2.24) is 4.90 Å². The summed E-state index contributed by atoms with van der Waals surface area (Å²) in [6.45, 7) is 13.8. The summed E-state index contributed by atoms with van der Waals surface area (Å²) < 4.78 is 12.3. The van der Waals surface area contributed by atoms with Gasteiger partial charge in [-0.1, -0.05) is 26.7 Å². The first-order valence-electron chi connectivity index (χ1n) is 8.69. The molecule has 0 aliphatic rings. The molecule has 0 saturated heterocycles. The number of hydrogen-bond acceptors (Lipinski definition) is 4. The van der Waals surface area contributed by atoms with Crippen molar-refractivity contribution in [3.8, 4) is 0 Å². The largest absolute Gasteiger partial charge is 0.396 e.